The Kier molecular flexibility index (Phi) is 6.05. The zero-order valence-corrected chi connectivity index (χ0v) is 15.4. The van der Waals surface area contributed by atoms with E-state index in [2.05, 4.69) is 12.1 Å². The quantitative estimate of drug-likeness (QED) is 0.783. The molecule has 26 heavy (non-hydrogen) atoms. The molecule has 1 aliphatic carbocycles. The van der Waals surface area contributed by atoms with Crippen molar-refractivity contribution in [2.75, 3.05) is 20.8 Å². The Morgan fingerprint density at radius 1 is 1.00 bits per heavy atom. The second kappa shape index (κ2) is 8.65. The van der Waals surface area contributed by atoms with Gasteiger partial charge in [-0.2, -0.15) is 0 Å². The minimum atomic E-state index is 0.261. The second-order valence-electron chi connectivity index (χ2n) is 6.62. The van der Waals surface area contributed by atoms with Crippen LogP contribution in [-0.4, -0.2) is 32.3 Å². The van der Waals surface area contributed by atoms with Gasteiger partial charge in [-0.25, -0.2) is 0 Å². The number of benzene rings is 2. The fourth-order valence-corrected chi connectivity index (χ4v) is 3.46. The molecule has 0 spiro atoms. The molecule has 1 fully saturated rings. The molecule has 0 unspecified atom stereocenters. The zero-order chi connectivity index (χ0) is 18.4. The predicted molar refractivity (Wildman–Crippen MR) is 104 cm³/mol. The van der Waals surface area contributed by atoms with Gasteiger partial charge in [0.2, 0.25) is 0 Å². The van der Waals surface area contributed by atoms with Gasteiger partial charge >= 0.3 is 0 Å². The van der Waals surface area contributed by atoms with Gasteiger partial charge in [0.25, 0.3) is 0 Å². The Balaban J connectivity index is 1.63. The molecule has 0 aliphatic heterocycles. The molecule has 0 radical (unpaired) electrons. The van der Waals surface area contributed by atoms with E-state index in [1.807, 2.05) is 36.4 Å². The monoisotopic (exact) mass is 351 g/mol. The number of methoxy groups -OCH3 is 2. The third kappa shape index (κ3) is 4.51. The lowest BCUT2D eigenvalue weighted by atomic mass is 9.82. The van der Waals surface area contributed by atoms with Gasteiger partial charge in [0.1, 0.15) is 5.78 Å². The number of aliphatic imine (C=N–C) groups is 1. The van der Waals surface area contributed by atoms with Crippen molar-refractivity contribution >= 4 is 11.5 Å². The van der Waals surface area contributed by atoms with Crippen LogP contribution in [0, 0.1) is 0 Å². The fraction of sp³-hybridized carbons (Fsp3) is 0.364. The normalized spacial score (nSPS) is 18.8. The summed E-state index contributed by atoms with van der Waals surface area (Å²) in [5.74, 6) is 2.01. The number of hydrogen-bond donors (Lipinski definition) is 0. The highest BCUT2D eigenvalue weighted by molar-refractivity contribution is 6.05. The van der Waals surface area contributed by atoms with Crippen LogP contribution >= 0.6 is 0 Å². The van der Waals surface area contributed by atoms with E-state index in [1.165, 1.54) is 5.56 Å². The number of Topliss-reactive ketones (excluding diaryl/α,β-unsaturated/α-hetero) is 1. The van der Waals surface area contributed by atoms with Gasteiger partial charge in [0.05, 0.1) is 14.2 Å². The lowest BCUT2D eigenvalue weighted by molar-refractivity contribution is -0.118. The highest BCUT2D eigenvalue weighted by atomic mass is 16.5. The maximum atomic E-state index is 12.1. The molecule has 4 nitrogen and oxygen atoms in total. The van der Waals surface area contributed by atoms with E-state index in [-0.39, 0.29) is 11.7 Å². The minimum Gasteiger partial charge on any atom is -0.493 e. The van der Waals surface area contributed by atoms with Crippen molar-refractivity contribution < 1.29 is 14.3 Å². The van der Waals surface area contributed by atoms with Gasteiger partial charge in [-0.1, -0.05) is 36.4 Å². The first-order chi connectivity index (χ1) is 12.7. The summed E-state index contributed by atoms with van der Waals surface area (Å²) >= 11 is 0. The largest absolute Gasteiger partial charge is 0.493 e. The molecule has 1 aliphatic rings. The average molecular weight is 351 g/mol. The SMILES string of the molecule is COc1ccc(CCN=C2CC(=O)C[C@@H](c3ccccc3)C2)cc1OC. The lowest BCUT2D eigenvalue weighted by Crippen LogP contribution is -2.22. The van der Waals surface area contributed by atoms with E-state index >= 15 is 0 Å². The van der Waals surface area contributed by atoms with Crippen LogP contribution in [0.4, 0.5) is 0 Å². The Morgan fingerprint density at radius 3 is 2.50 bits per heavy atom. The van der Waals surface area contributed by atoms with Crippen molar-refractivity contribution in [1.82, 2.24) is 0 Å². The Hall–Kier alpha value is -2.62. The Morgan fingerprint density at radius 2 is 1.77 bits per heavy atom. The Labute approximate surface area is 154 Å². The standard InChI is InChI=1S/C22H25NO3/c1-25-21-9-8-16(12-22(21)26-2)10-11-23-19-13-18(14-20(24)15-19)17-6-4-3-5-7-17/h3-9,12,18H,10-11,13-15H2,1-2H3/t18-/m0/s1. The smallest absolute Gasteiger partial charge is 0.160 e. The molecule has 3 rings (SSSR count). The van der Waals surface area contributed by atoms with E-state index in [4.69, 9.17) is 14.5 Å². The van der Waals surface area contributed by atoms with Crippen LogP contribution < -0.4 is 9.47 Å². The highest BCUT2D eigenvalue weighted by Crippen LogP contribution is 2.30. The van der Waals surface area contributed by atoms with Crippen molar-refractivity contribution in [3.8, 4) is 11.5 Å². The highest BCUT2D eigenvalue weighted by Gasteiger charge is 2.24. The molecular weight excluding hydrogens is 326 g/mol. The number of carbonyl (C=O) groups excluding carboxylic acids is 1. The average Bonchev–Trinajstić information content (AvgIpc) is 2.68. The number of nitrogens with zero attached hydrogens (tertiary/aromatic N) is 1. The van der Waals surface area contributed by atoms with E-state index < -0.39 is 0 Å². The van der Waals surface area contributed by atoms with Crippen molar-refractivity contribution in [1.29, 1.82) is 0 Å². The van der Waals surface area contributed by atoms with Crippen molar-refractivity contribution in [3.05, 3.63) is 59.7 Å². The third-order valence-corrected chi connectivity index (χ3v) is 4.81. The molecule has 0 aromatic heterocycles. The molecular formula is C22H25NO3. The van der Waals surface area contributed by atoms with Crippen LogP contribution in [-0.2, 0) is 11.2 Å². The van der Waals surface area contributed by atoms with Crippen molar-refractivity contribution in [2.24, 2.45) is 4.99 Å². The lowest BCUT2D eigenvalue weighted by Gasteiger charge is -2.23. The van der Waals surface area contributed by atoms with Crippen molar-refractivity contribution in [3.63, 3.8) is 0 Å². The van der Waals surface area contributed by atoms with Gasteiger partial charge in [0, 0.05) is 25.1 Å². The molecule has 2 aromatic rings. The third-order valence-electron chi connectivity index (χ3n) is 4.81. The summed E-state index contributed by atoms with van der Waals surface area (Å²) in [5.41, 5.74) is 3.40. The zero-order valence-electron chi connectivity index (χ0n) is 15.4. The molecule has 136 valence electrons. The van der Waals surface area contributed by atoms with Gasteiger partial charge in [-0.3, -0.25) is 9.79 Å². The number of carbonyl (C=O) groups is 1. The van der Waals surface area contributed by atoms with Gasteiger partial charge in [0.15, 0.2) is 11.5 Å². The van der Waals surface area contributed by atoms with Crippen LogP contribution in [0.2, 0.25) is 0 Å². The van der Waals surface area contributed by atoms with Crippen LogP contribution in [0.25, 0.3) is 0 Å². The molecule has 1 saturated carbocycles. The van der Waals surface area contributed by atoms with E-state index in [0.717, 1.165) is 35.6 Å². The number of ether oxygens (including phenoxy) is 2. The fourth-order valence-electron chi connectivity index (χ4n) is 3.46. The van der Waals surface area contributed by atoms with Gasteiger partial charge < -0.3 is 9.47 Å². The first-order valence-corrected chi connectivity index (χ1v) is 8.99. The van der Waals surface area contributed by atoms with Crippen LogP contribution in [0.3, 0.4) is 0 Å². The molecule has 2 aromatic carbocycles. The molecule has 1 atom stereocenters. The summed E-state index contributed by atoms with van der Waals surface area (Å²) in [6.45, 7) is 0.680. The van der Waals surface area contributed by atoms with Gasteiger partial charge in [-0.15, -0.1) is 0 Å². The van der Waals surface area contributed by atoms with Gasteiger partial charge in [-0.05, 0) is 42.0 Å². The predicted octanol–water partition coefficient (Wildman–Crippen LogP) is 4.22. The second-order valence-corrected chi connectivity index (χ2v) is 6.62. The number of hydrogen-bond acceptors (Lipinski definition) is 4. The number of ketones is 1. The molecule has 4 heteroatoms. The van der Waals surface area contributed by atoms with E-state index in [0.29, 0.717) is 19.4 Å². The van der Waals surface area contributed by atoms with Crippen LogP contribution in [0.5, 0.6) is 11.5 Å². The first kappa shape index (κ1) is 18.2. The first-order valence-electron chi connectivity index (χ1n) is 8.99. The summed E-state index contributed by atoms with van der Waals surface area (Å²) in [7, 11) is 3.27. The van der Waals surface area contributed by atoms with E-state index in [1.54, 1.807) is 14.2 Å². The molecule has 0 saturated heterocycles. The molecule has 0 N–H and O–H groups in total. The van der Waals surface area contributed by atoms with Crippen LogP contribution in [0.15, 0.2) is 53.5 Å². The summed E-state index contributed by atoms with van der Waals surface area (Å²) in [5, 5.41) is 0. The van der Waals surface area contributed by atoms with Crippen LogP contribution in [0.1, 0.15) is 36.3 Å². The summed E-state index contributed by atoms with van der Waals surface area (Å²) < 4.78 is 10.6. The maximum absolute atomic E-state index is 12.1. The Bertz CT molecular complexity index is 783. The minimum absolute atomic E-state index is 0.261. The maximum Gasteiger partial charge on any atom is 0.160 e. The molecule has 0 bridgehead atoms. The summed E-state index contributed by atoms with van der Waals surface area (Å²) in [6.07, 6.45) is 2.81. The number of rotatable bonds is 6. The topological polar surface area (TPSA) is 47.9 Å². The summed E-state index contributed by atoms with van der Waals surface area (Å²) in [6, 6.07) is 16.2. The summed E-state index contributed by atoms with van der Waals surface area (Å²) in [4.78, 5) is 16.9. The molecule has 0 heterocycles. The van der Waals surface area contributed by atoms with E-state index in [9.17, 15) is 4.79 Å². The van der Waals surface area contributed by atoms with Crippen molar-refractivity contribution in [2.45, 2.75) is 31.6 Å². The molecule has 0 amide bonds.